The Balaban J connectivity index is 1.55. The summed E-state index contributed by atoms with van der Waals surface area (Å²) in [6.45, 7) is 5.63. The quantitative estimate of drug-likeness (QED) is 0.411. The summed E-state index contributed by atoms with van der Waals surface area (Å²) in [4.78, 5) is 36.9. The number of carboxylic acid groups (broad SMARTS) is 1. The number of carbonyl (C=O) groups is 2. The normalized spacial score (nSPS) is 12.2. The van der Waals surface area contributed by atoms with Crippen molar-refractivity contribution in [2.75, 3.05) is 0 Å². The van der Waals surface area contributed by atoms with Crippen LogP contribution in [-0.4, -0.2) is 23.0 Å². The predicted molar refractivity (Wildman–Crippen MR) is 125 cm³/mol. The third kappa shape index (κ3) is 4.39. The first-order valence-corrected chi connectivity index (χ1v) is 10.8. The number of hydrogen-bond acceptors (Lipinski definition) is 5. The van der Waals surface area contributed by atoms with Gasteiger partial charge in [-0.05, 0) is 49.9 Å². The molecule has 4 aromatic rings. The average Bonchev–Trinajstić information content (AvgIpc) is 3.16. The van der Waals surface area contributed by atoms with E-state index in [1.165, 1.54) is 0 Å². The molecule has 0 saturated carbocycles. The van der Waals surface area contributed by atoms with E-state index in [1.807, 2.05) is 57.2 Å². The van der Waals surface area contributed by atoms with Crippen LogP contribution in [0.2, 0.25) is 0 Å². The van der Waals surface area contributed by atoms with Crippen LogP contribution in [0, 0.1) is 20.8 Å². The van der Waals surface area contributed by atoms with Gasteiger partial charge in [0, 0.05) is 34.7 Å². The highest BCUT2D eigenvalue weighted by Gasteiger charge is 2.22. The maximum atomic E-state index is 12.7. The van der Waals surface area contributed by atoms with Gasteiger partial charge >= 0.3 is 11.6 Å². The van der Waals surface area contributed by atoms with Gasteiger partial charge in [0.05, 0.1) is 6.26 Å². The molecule has 170 valence electrons. The highest BCUT2D eigenvalue weighted by atomic mass is 16.4. The van der Waals surface area contributed by atoms with Crippen LogP contribution in [0.15, 0.2) is 56.3 Å². The Labute approximate surface area is 190 Å². The Hall–Kier alpha value is -3.87. The van der Waals surface area contributed by atoms with Gasteiger partial charge in [0.2, 0.25) is 5.91 Å². The number of carboxylic acids is 1. The molecule has 1 atom stereocenters. The highest BCUT2D eigenvalue weighted by molar-refractivity contribution is 5.99. The van der Waals surface area contributed by atoms with Crippen molar-refractivity contribution in [2.24, 2.45) is 0 Å². The molecular weight excluding hydrogens is 422 g/mol. The van der Waals surface area contributed by atoms with Crippen molar-refractivity contribution in [2.45, 2.75) is 46.1 Å². The molecule has 0 fully saturated rings. The molecule has 33 heavy (non-hydrogen) atoms. The molecule has 0 saturated heterocycles. The molecule has 0 aliphatic rings. The van der Waals surface area contributed by atoms with Gasteiger partial charge in [-0.3, -0.25) is 4.79 Å². The van der Waals surface area contributed by atoms with E-state index < -0.39 is 23.5 Å². The monoisotopic (exact) mass is 447 g/mol. The van der Waals surface area contributed by atoms with Gasteiger partial charge in [0.25, 0.3) is 0 Å². The Morgan fingerprint density at radius 2 is 1.76 bits per heavy atom. The highest BCUT2D eigenvalue weighted by Crippen LogP contribution is 2.32. The fourth-order valence-electron chi connectivity index (χ4n) is 4.16. The van der Waals surface area contributed by atoms with Crippen LogP contribution in [0.5, 0.6) is 0 Å². The molecule has 4 rings (SSSR count). The maximum absolute atomic E-state index is 12.7. The van der Waals surface area contributed by atoms with E-state index in [2.05, 4.69) is 5.32 Å². The van der Waals surface area contributed by atoms with Crippen molar-refractivity contribution < 1.29 is 23.5 Å². The molecule has 7 heteroatoms. The van der Waals surface area contributed by atoms with Crippen molar-refractivity contribution in [3.63, 3.8) is 0 Å². The second kappa shape index (κ2) is 8.94. The molecule has 0 aliphatic heterocycles. The average molecular weight is 447 g/mol. The van der Waals surface area contributed by atoms with Gasteiger partial charge in [-0.2, -0.15) is 0 Å². The molecule has 1 amide bonds. The van der Waals surface area contributed by atoms with Crippen molar-refractivity contribution in [1.29, 1.82) is 0 Å². The van der Waals surface area contributed by atoms with Gasteiger partial charge in [-0.25, -0.2) is 9.59 Å². The van der Waals surface area contributed by atoms with Gasteiger partial charge in [-0.1, -0.05) is 30.3 Å². The largest absolute Gasteiger partial charge is 0.480 e. The number of carbonyl (C=O) groups excluding carboxylic acids is 1. The standard InChI is InChI=1S/C26H25NO6/c1-14-13-32-23-16(3)24-20(12-19(14)23)15(2)18(26(31)33-24)9-10-22(28)27-21(25(29)30)11-17-7-5-4-6-8-17/h4-8,12-13,21H,9-11H2,1-3H3,(H,27,28)(H,29,30)/t21-/m0/s1. The maximum Gasteiger partial charge on any atom is 0.339 e. The van der Waals surface area contributed by atoms with Crippen LogP contribution in [-0.2, 0) is 22.4 Å². The first kappa shape index (κ1) is 22.3. The number of benzene rings is 2. The second-order valence-corrected chi connectivity index (χ2v) is 8.31. The predicted octanol–water partition coefficient (Wildman–Crippen LogP) is 4.21. The van der Waals surface area contributed by atoms with Crippen LogP contribution >= 0.6 is 0 Å². The molecule has 2 heterocycles. The zero-order chi connectivity index (χ0) is 23.7. The number of aryl methyl sites for hydroxylation is 3. The molecular formula is C26H25NO6. The zero-order valence-electron chi connectivity index (χ0n) is 18.7. The van der Waals surface area contributed by atoms with E-state index in [0.29, 0.717) is 16.7 Å². The summed E-state index contributed by atoms with van der Waals surface area (Å²) < 4.78 is 11.2. The topological polar surface area (TPSA) is 110 Å². The van der Waals surface area contributed by atoms with Crippen LogP contribution < -0.4 is 10.9 Å². The molecule has 0 radical (unpaired) electrons. The molecule has 0 spiro atoms. The summed E-state index contributed by atoms with van der Waals surface area (Å²) in [6, 6.07) is 10.00. The second-order valence-electron chi connectivity index (χ2n) is 8.31. The first-order chi connectivity index (χ1) is 15.8. The molecule has 0 unspecified atom stereocenters. The molecule has 0 bridgehead atoms. The smallest absolute Gasteiger partial charge is 0.339 e. The Morgan fingerprint density at radius 3 is 2.45 bits per heavy atom. The Bertz CT molecular complexity index is 1410. The van der Waals surface area contributed by atoms with Crippen LogP contribution in [0.25, 0.3) is 21.9 Å². The lowest BCUT2D eigenvalue weighted by Gasteiger charge is -2.15. The van der Waals surface area contributed by atoms with Crippen LogP contribution in [0.4, 0.5) is 0 Å². The SMILES string of the molecule is Cc1coc2c(C)c3oc(=O)c(CCC(=O)N[C@@H](Cc4ccccc4)C(=O)O)c(C)c3cc12. The van der Waals surface area contributed by atoms with Gasteiger partial charge in [0.1, 0.15) is 17.2 Å². The number of furan rings is 1. The van der Waals surface area contributed by atoms with E-state index in [1.54, 1.807) is 6.26 Å². The van der Waals surface area contributed by atoms with Gasteiger partial charge < -0.3 is 19.3 Å². The Kier molecular flexibility index (Phi) is 6.05. The van der Waals surface area contributed by atoms with E-state index in [0.717, 1.165) is 33.0 Å². The lowest BCUT2D eigenvalue weighted by molar-refractivity contribution is -0.141. The third-order valence-corrected chi connectivity index (χ3v) is 6.05. The van der Waals surface area contributed by atoms with Crippen molar-refractivity contribution >= 4 is 33.8 Å². The molecule has 2 aromatic heterocycles. The lowest BCUT2D eigenvalue weighted by atomic mass is 9.98. The van der Waals surface area contributed by atoms with E-state index in [9.17, 15) is 19.5 Å². The summed E-state index contributed by atoms with van der Waals surface area (Å²) in [5.41, 5.74) is 4.37. The zero-order valence-corrected chi connectivity index (χ0v) is 18.7. The number of amides is 1. The summed E-state index contributed by atoms with van der Waals surface area (Å²) in [7, 11) is 0. The number of nitrogens with one attached hydrogen (secondary N) is 1. The minimum absolute atomic E-state index is 0.0261. The molecule has 2 aromatic carbocycles. The summed E-state index contributed by atoms with van der Waals surface area (Å²) in [5.74, 6) is -1.54. The molecule has 2 N–H and O–H groups in total. The minimum Gasteiger partial charge on any atom is -0.480 e. The van der Waals surface area contributed by atoms with Crippen molar-refractivity contribution in [3.8, 4) is 0 Å². The first-order valence-electron chi connectivity index (χ1n) is 10.8. The van der Waals surface area contributed by atoms with E-state index in [-0.39, 0.29) is 19.3 Å². The van der Waals surface area contributed by atoms with E-state index in [4.69, 9.17) is 8.83 Å². The van der Waals surface area contributed by atoms with Crippen LogP contribution in [0.3, 0.4) is 0 Å². The number of hydrogen-bond donors (Lipinski definition) is 2. The molecule has 0 aliphatic carbocycles. The summed E-state index contributed by atoms with van der Waals surface area (Å²) in [5, 5.41) is 13.8. The summed E-state index contributed by atoms with van der Waals surface area (Å²) in [6.07, 6.45) is 1.97. The Morgan fingerprint density at radius 1 is 1.03 bits per heavy atom. The van der Waals surface area contributed by atoms with Gasteiger partial charge in [0.15, 0.2) is 0 Å². The fraction of sp³-hybridized carbons (Fsp3) is 0.269. The number of fused-ring (bicyclic) bond motifs is 2. The number of rotatable bonds is 7. The van der Waals surface area contributed by atoms with E-state index >= 15 is 0 Å². The van der Waals surface area contributed by atoms with Gasteiger partial charge in [-0.15, -0.1) is 0 Å². The molecule has 7 nitrogen and oxygen atoms in total. The lowest BCUT2D eigenvalue weighted by Crippen LogP contribution is -2.42. The van der Waals surface area contributed by atoms with Crippen LogP contribution in [0.1, 0.15) is 34.2 Å². The van der Waals surface area contributed by atoms with Crippen molar-refractivity contribution in [3.05, 3.63) is 80.9 Å². The van der Waals surface area contributed by atoms with Crippen molar-refractivity contribution in [1.82, 2.24) is 5.32 Å². The number of aliphatic carboxylic acids is 1. The fourth-order valence-corrected chi connectivity index (χ4v) is 4.16. The summed E-state index contributed by atoms with van der Waals surface area (Å²) >= 11 is 0. The minimum atomic E-state index is -1.11. The third-order valence-electron chi connectivity index (χ3n) is 6.05.